The highest BCUT2D eigenvalue weighted by Crippen LogP contribution is 2.48. The van der Waals surface area contributed by atoms with Gasteiger partial charge in [0.1, 0.15) is 5.01 Å². The van der Waals surface area contributed by atoms with Gasteiger partial charge in [0.15, 0.2) is 0 Å². The molecule has 0 spiro atoms. The van der Waals surface area contributed by atoms with E-state index < -0.39 is 17.8 Å². The highest BCUT2D eigenvalue weighted by Gasteiger charge is 2.51. The SMILES string of the molecule is CC(NC(=O)C1C2C=CC(C2)C1C(=O)O)c1nccs1. The van der Waals surface area contributed by atoms with E-state index in [1.54, 1.807) is 6.20 Å². The van der Waals surface area contributed by atoms with Crippen LogP contribution in [-0.2, 0) is 9.59 Å². The summed E-state index contributed by atoms with van der Waals surface area (Å²) >= 11 is 1.48. The molecule has 5 nitrogen and oxygen atoms in total. The van der Waals surface area contributed by atoms with Gasteiger partial charge in [0.05, 0.1) is 17.9 Å². The predicted octanol–water partition coefficient (Wildman–Crippen LogP) is 1.84. The van der Waals surface area contributed by atoms with Crippen LogP contribution in [-0.4, -0.2) is 22.0 Å². The zero-order valence-corrected chi connectivity index (χ0v) is 11.8. The Labute approximate surface area is 120 Å². The van der Waals surface area contributed by atoms with Crippen molar-refractivity contribution in [2.45, 2.75) is 19.4 Å². The third-order valence-corrected chi connectivity index (χ3v) is 5.19. The molecule has 1 heterocycles. The lowest BCUT2D eigenvalue weighted by Crippen LogP contribution is -2.41. The number of carboxylic acid groups (broad SMARTS) is 1. The van der Waals surface area contributed by atoms with Crippen LogP contribution >= 0.6 is 11.3 Å². The van der Waals surface area contributed by atoms with Crippen molar-refractivity contribution < 1.29 is 14.7 Å². The van der Waals surface area contributed by atoms with Crippen LogP contribution in [0.1, 0.15) is 24.4 Å². The Kier molecular flexibility index (Phi) is 3.33. The van der Waals surface area contributed by atoms with Crippen molar-refractivity contribution in [2.75, 3.05) is 0 Å². The first-order valence-electron chi connectivity index (χ1n) is 6.69. The molecular weight excluding hydrogens is 276 g/mol. The molecule has 1 amide bonds. The number of amides is 1. The van der Waals surface area contributed by atoms with E-state index in [9.17, 15) is 14.7 Å². The fourth-order valence-electron chi connectivity index (χ4n) is 3.34. The van der Waals surface area contributed by atoms with Crippen molar-refractivity contribution in [2.24, 2.45) is 23.7 Å². The lowest BCUT2D eigenvalue weighted by molar-refractivity contribution is -0.148. The van der Waals surface area contributed by atoms with Gasteiger partial charge < -0.3 is 10.4 Å². The highest BCUT2D eigenvalue weighted by molar-refractivity contribution is 7.09. The summed E-state index contributed by atoms with van der Waals surface area (Å²) < 4.78 is 0. The number of carbonyl (C=O) groups is 2. The number of aromatic nitrogens is 1. The second kappa shape index (κ2) is 5.01. The number of aliphatic carboxylic acids is 1. The van der Waals surface area contributed by atoms with Crippen LogP contribution in [0.15, 0.2) is 23.7 Å². The molecule has 2 aliphatic rings. The number of carbonyl (C=O) groups excluding carboxylic acids is 1. The van der Waals surface area contributed by atoms with Crippen molar-refractivity contribution in [1.82, 2.24) is 10.3 Å². The molecule has 5 atom stereocenters. The Hall–Kier alpha value is -1.69. The minimum atomic E-state index is -0.871. The molecule has 2 bridgehead atoms. The summed E-state index contributed by atoms with van der Waals surface area (Å²) in [7, 11) is 0. The third-order valence-electron chi connectivity index (χ3n) is 4.23. The van der Waals surface area contributed by atoms with Crippen LogP contribution < -0.4 is 5.32 Å². The predicted molar refractivity (Wildman–Crippen MR) is 74.0 cm³/mol. The minimum absolute atomic E-state index is 0.00317. The monoisotopic (exact) mass is 292 g/mol. The van der Waals surface area contributed by atoms with E-state index in [0.29, 0.717) is 0 Å². The first kappa shape index (κ1) is 13.3. The molecular formula is C14H16N2O3S. The molecule has 0 saturated heterocycles. The summed E-state index contributed by atoms with van der Waals surface area (Å²) in [4.78, 5) is 28.0. The van der Waals surface area contributed by atoms with E-state index in [1.165, 1.54) is 11.3 Å². The Bertz CT molecular complexity index is 555. The van der Waals surface area contributed by atoms with Crippen LogP contribution in [0.25, 0.3) is 0 Å². The van der Waals surface area contributed by atoms with E-state index >= 15 is 0 Å². The van der Waals surface area contributed by atoms with Crippen molar-refractivity contribution in [1.29, 1.82) is 0 Å². The van der Waals surface area contributed by atoms with Gasteiger partial charge in [-0.05, 0) is 25.2 Å². The summed E-state index contributed by atoms with van der Waals surface area (Å²) in [5.74, 6) is -2.02. The van der Waals surface area contributed by atoms with Gasteiger partial charge in [-0.2, -0.15) is 0 Å². The standard InChI is InChI=1S/C14H16N2O3S/c1-7(13-15-4-5-20-13)16-12(17)10-8-2-3-9(6-8)11(10)14(18)19/h2-5,7-11H,6H2,1H3,(H,16,17)(H,18,19). The van der Waals surface area contributed by atoms with E-state index in [-0.39, 0.29) is 23.8 Å². The van der Waals surface area contributed by atoms with Crippen molar-refractivity contribution in [3.8, 4) is 0 Å². The zero-order valence-electron chi connectivity index (χ0n) is 11.0. The van der Waals surface area contributed by atoms with Gasteiger partial charge in [0.2, 0.25) is 5.91 Å². The van der Waals surface area contributed by atoms with Crippen LogP contribution in [0.5, 0.6) is 0 Å². The number of carboxylic acids is 1. The second-order valence-corrected chi connectivity index (χ2v) is 6.36. The lowest BCUT2D eigenvalue weighted by Gasteiger charge is -2.25. The molecule has 0 aromatic carbocycles. The molecule has 1 fully saturated rings. The molecule has 0 aliphatic heterocycles. The van der Waals surface area contributed by atoms with Gasteiger partial charge in [0.25, 0.3) is 0 Å². The van der Waals surface area contributed by atoms with E-state index in [1.807, 2.05) is 24.5 Å². The number of nitrogens with one attached hydrogen (secondary N) is 1. The molecule has 5 unspecified atom stereocenters. The Morgan fingerprint density at radius 2 is 2.10 bits per heavy atom. The van der Waals surface area contributed by atoms with Crippen LogP contribution in [0.4, 0.5) is 0 Å². The van der Waals surface area contributed by atoms with Gasteiger partial charge in [0, 0.05) is 11.6 Å². The molecule has 106 valence electrons. The first-order chi connectivity index (χ1) is 9.58. The van der Waals surface area contributed by atoms with Crippen LogP contribution in [0, 0.1) is 23.7 Å². The first-order valence-corrected chi connectivity index (χ1v) is 7.57. The molecule has 2 N–H and O–H groups in total. The Morgan fingerprint density at radius 3 is 2.70 bits per heavy atom. The topological polar surface area (TPSA) is 79.3 Å². The summed E-state index contributed by atoms with van der Waals surface area (Å²) in [6.07, 6.45) is 6.41. The Balaban J connectivity index is 1.73. The molecule has 1 aromatic rings. The quantitative estimate of drug-likeness (QED) is 0.830. The normalized spacial score (nSPS) is 32.2. The summed E-state index contributed by atoms with van der Waals surface area (Å²) in [5.41, 5.74) is 0. The fraction of sp³-hybridized carbons (Fsp3) is 0.500. The third kappa shape index (κ3) is 2.14. The summed E-state index contributed by atoms with van der Waals surface area (Å²) in [5, 5.41) is 15.0. The Morgan fingerprint density at radius 1 is 1.40 bits per heavy atom. The molecule has 20 heavy (non-hydrogen) atoms. The van der Waals surface area contributed by atoms with E-state index in [0.717, 1.165) is 11.4 Å². The maximum Gasteiger partial charge on any atom is 0.307 e. The zero-order chi connectivity index (χ0) is 14.3. The highest BCUT2D eigenvalue weighted by atomic mass is 32.1. The lowest BCUT2D eigenvalue weighted by atomic mass is 9.82. The van der Waals surface area contributed by atoms with Crippen LogP contribution in [0.2, 0.25) is 0 Å². The minimum Gasteiger partial charge on any atom is -0.481 e. The van der Waals surface area contributed by atoms with E-state index in [4.69, 9.17) is 0 Å². The number of hydrogen-bond donors (Lipinski definition) is 2. The molecule has 1 aromatic heterocycles. The average molecular weight is 292 g/mol. The smallest absolute Gasteiger partial charge is 0.307 e. The molecule has 2 aliphatic carbocycles. The van der Waals surface area contributed by atoms with Gasteiger partial charge in [-0.25, -0.2) is 4.98 Å². The van der Waals surface area contributed by atoms with Gasteiger partial charge in [-0.3, -0.25) is 9.59 Å². The number of fused-ring (bicyclic) bond motifs is 2. The van der Waals surface area contributed by atoms with Crippen molar-refractivity contribution >= 4 is 23.2 Å². The number of allylic oxidation sites excluding steroid dienone is 2. The number of thiazole rings is 1. The van der Waals surface area contributed by atoms with E-state index in [2.05, 4.69) is 10.3 Å². The largest absolute Gasteiger partial charge is 0.481 e. The van der Waals surface area contributed by atoms with Gasteiger partial charge in [-0.1, -0.05) is 12.2 Å². The van der Waals surface area contributed by atoms with Crippen LogP contribution in [0.3, 0.4) is 0 Å². The maximum absolute atomic E-state index is 12.4. The molecule has 0 radical (unpaired) electrons. The molecule has 3 rings (SSSR count). The molecule has 6 heteroatoms. The molecule has 1 saturated carbocycles. The summed E-state index contributed by atoms with van der Waals surface area (Å²) in [6, 6.07) is -0.181. The maximum atomic E-state index is 12.4. The van der Waals surface area contributed by atoms with Crippen molar-refractivity contribution in [3.63, 3.8) is 0 Å². The number of nitrogens with zero attached hydrogens (tertiary/aromatic N) is 1. The summed E-state index contributed by atoms with van der Waals surface area (Å²) in [6.45, 7) is 1.87. The number of rotatable bonds is 4. The average Bonchev–Trinajstić information content (AvgIpc) is 3.13. The van der Waals surface area contributed by atoms with Gasteiger partial charge in [-0.15, -0.1) is 11.3 Å². The number of hydrogen-bond acceptors (Lipinski definition) is 4. The second-order valence-electron chi connectivity index (χ2n) is 5.44. The van der Waals surface area contributed by atoms with Gasteiger partial charge >= 0.3 is 5.97 Å². The fourth-order valence-corrected chi connectivity index (χ4v) is 3.98. The van der Waals surface area contributed by atoms with Crippen molar-refractivity contribution in [3.05, 3.63) is 28.7 Å².